The fourth-order valence-electron chi connectivity index (χ4n) is 2.47. The Morgan fingerprint density at radius 1 is 0.947 bits per heavy atom. The molecule has 0 aromatic carbocycles. The Bertz CT molecular complexity index is 709. The van der Waals surface area contributed by atoms with Gasteiger partial charge in [0.05, 0.1) is 63.9 Å². The maximum atomic E-state index is 12.7. The van der Waals surface area contributed by atoms with E-state index >= 15 is 0 Å². The molecule has 0 saturated carbocycles. The van der Waals surface area contributed by atoms with Gasteiger partial charge in [-0.2, -0.15) is 11.8 Å². The lowest BCUT2D eigenvalue weighted by atomic mass is 10.2. The Morgan fingerprint density at radius 3 is 2.21 bits per heavy atom. The number of likely N-dealkylation sites (N-methyl/N-ethyl adjacent to an activating group) is 1. The van der Waals surface area contributed by atoms with Crippen LogP contribution in [0.5, 0.6) is 0 Å². The van der Waals surface area contributed by atoms with Crippen LogP contribution in [0.3, 0.4) is 0 Å². The van der Waals surface area contributed by atoms with Gasteiger partial charge in [-0.1, -0.05) is 0 Å². The van der Waals surface area contributed by atoms with Gasteiger partial charge < -0.3 is 51.4 Å². The number of nitrogens with two attached hydrogens (primary N) is 1. The number of amides is 4. The molecule has 0 aliphatic rings. The SMILES string of the molecule is CNC(=O)CNC(=O)CCOCCOCCNC(=O)[C@H](COC(C)(C)C)NC(=O)[C@@H](N)CSC[C@H](O)CO. The van der Waals surface area contributed by atoms with E-state index in [2.05, 4.69) is 21.3 Å². The summed E-state index contributed by atoms with van der Waals surface area (Å²) in [5, 5.41) is 28.4. The minimum Gasteiger partial charge on any atom is -0.394 e. The summed E-state index contributed by atoms with van der Waals surface area (Å²) < 4.78 is 16.4. The van der Waals surface area contributed by atoms with Gasteiger partial charge in [0.2, 0.25) is 23.6 Å². The van der Waals surface area contributed by atoms with Gasteiger partial charge in [-0.25, -0.2) is 0 Å². The molecule has 0 radical (unpaired) electrons. The Morgan fingerprint density at radius 2 is 1.61 bits per heavy atom. The molecule has 222 valence electrons. The molecule has 0 aromatic heterocycles. The van der Waals surface area contributed by atoms with Gasteiger partial charge >= 0.3 is 0 Å². The van der Waals surface area contributed by atoms with Crippen LogP contribution in [0.25, 0.3) is 0 Å². The second-order valence-electron chi connectivity index (χ2n) is 9.18. The summed E-state index contributed by atoms with van der Waals surface area (Å²) in [5.41, 5.74) is 5.36. The largest absolute Gasteiger partial charge is 0.394 e. The quantitative estimate of drug-likeness (QED) is 0.0699. The zero-order valence-electron chi connectivity index (χ0n) is 22.7. The van der Waals surface area contributed by atoms with Crippen molar-refractivity contribution in [3.05, 3.63) is 0 Å². The molecular weight excluding hydrogens is 522 g/mol. The van der Waals surface area contributed by atoms with E-state index in [9.17, 15) is 24.3 Å². The molecule has 0 aromatic rings. The molecule has 8 N–H and O–H groups in total. The van der Waals surface area contributed by atoms with Crippen LogP contribution in [0.2, 0.25) is 0 Å². The van der Waals surface area contributed by atoms with Gasteiger partial charge in [-0.05, 0) is 20.8 Å². The molecule has 38 heavy (non-hydrogen) atoms. The molecule has 0 bridgehead atoms. The molecule has 0 rings (SSSR count). The van der Waals surface area contributed by atoms with Crippen LogP contribution >= 0.6 is 11.8 Å². The number of ether oxygens (including phenoxy) is 3. The van der Waals surface area contributed by atoms with Gasteiger partial charge in [0.1, 0.15) is 6.04 Å². The van der Waals surface area contributed by atoms with Crippen molar-refractivity contribution in [3.8, 4) is 0 Å². The highest BCUT2D eigenvalue weighted by Gasteiger charge is 2.26. The Hall–Kier alpha value is -2.01. The first-order valence-corrected chi connectivity index (χ1v) is 13.5. The first-order chi connectivity index (χ1) is 17.9. The van der Waals surface area contributed by atoms with E-state index in [-0.39, 0.29) is 82.5 Å². The number of carbonyl (C=O) groups excluding carboxylic acids is 4. The van der Waals surface area contributed by atoms with Gasteiger partial charge in [0.15, 0.2) is 0 Å². The molecule has 14 nitrogen and oxygen atoms in total. The minimum absolute atomic E-state index is 0.0600. The average molecular weight is 568 g/mol. The van der Waals surface area contributed by atoms with Crippen LogP contribution in [-0.4, -0.2) is 129 Å². The van der Waals surface area contributed by atoms with E-state index in [0.717, 1.165) is 0 Å². The van der Waals surface area contributed by atoms with Crippen LogP contribution < -0.4 is 27.0 Å². The molecule has 3 atom stereocenters. The number of hydrogen-bond acceptors (Lipinski definition) is 11. The van der Waals surface area contributed by atoms with Crippen LogP contribution in [0.1, 0.15) is 27.2 Å². The standard InChI is InChI=1S/C23H45N5O9S/c1-23(2,3)37-13-18(28-21(33)17(24)15-38-14-16(30)12-29)22(34)26-6-8-36-10-9-35-7-5-19(31)27-11-20(32)25-4/h16-18,29-30H,5-15,24H2,1-4H3,(H,25,32)(H,26,34)(H,27,31)(H,28,33)/t16-,17+,18+/m1/s1. The molecule has 0 saturated heterocycles. The summed E-state index contributed by atoms with van der Waals surface area (Å²) in [7, 11) is 1.48. The fourth-order valence-corrected chi connectivity index (χ4v) is 3.39. The second kappa shape index (κ2) is 20.9. The summed E-state index contributed by atoms with van der Waals surface area (Å²) in [5.74, 6) is -1.15. The van der Waals surface area contributed by atoms with Crippen LogP contribution in [0, 0.1) is 0 Å². The Kier molecular flexibility index (Phi) is 19.8. The van der Waals surface area contributed by atoms with Crippen LogP contribution in [0.15, 0.2) is 0 Å². The lowest BCUT2D eigenvalue weighted by Crippen LogP contribution is -2.55. The van der Waals surface area contributed by atoms with E-state index < -0.39 is 35.6 Å². The molecule has 0 heterocycles. The van der Waals surface area contributed by atoms with Crippen molar-refractivity contribution in [2.75, 3.05) is 71.3 Å². The highest BCUT2D eigenvalue weighted by atomic mass is 32.2. The van der Waals surface area contributed by atoms with Crippen molar-refractivity contribution in [2.45, 2.75) is 51.0 Å². The van der Waals surface area contributed by atoms with Crippen molar-refractivity contribution >= 4 is 35.4 Å². The highest BCUT2D eigenvalue weighted by molar-refractivity contribution is 7.99. The van der Waals surface area contributed by atoms with E-state index in [1.54, 1.807) is 0 Å². The van der Waals surface area contributed by atoms with E-state index in [1.807, 2.05) is 20.8 Å². The van der Waals surface area contributed by atoms with Crippen molar-refractivity contribution < 1.29 is 43.6 Å². The number of aliphatic hydroxyl groups excluding tert-OH is 2. The van der Waals surface area contributed by atoms with Gasteiger partial charge in [0, 0.05) is 31.5 Å². The first kappa shape index (κ1) is 36.0. The smallest absolute Gasteiger partial charge is 0.245 e. The normalized spacial score (nSPS) is 13.8. The number of nitrogens with one attached hydrogen (secondary N) is 4. The van der Waals surface area contributed by atoms with Crippen LogP contribution in [0.4, 0.5) is 0 Å². The zero-order valence-corrected chi connectivity index (χ0v) is 23.6. The summed E-state index contributed by atoms with van der Waals surface area (Å²) in [6.07, 6.45) is -0.778. The van der Waals surface area contributed by atoms with Crippen molar-refractivity contribution in [3.63, 3.8) is 0 Å². The lowest BCUT2D eigenvalue weighted by Gasteiger charge is -2.25. The molecule has 0 aliphatic carbocycles. The zero-order chi connectivity index (χ0) is 29.0. The molecule has 0 spiro atoms. The third-order valence-electron chi connectivity index (χ3n) is 4.59. The molecule has 0 fully saturated rings. The Labute approximate surface area is 228 Å². The monoisotopic (exact) mass is 567 g/mol. The number of hydrogen-bond donors (Lipinski definition) is 7. The summed E-state index contributed by atoms with van der Waals surface area (Å²) >= 11 is 1.22. The number of carbonyl (C=O) groups is 4. The van der Waals surface area contributed by atoms with Crippen molar-refractivity contribution in [2.24, 2.45) is 5.73 Å². The van der Waals surface area contributed by atoms with Gasteiger partial charge in [0.25, 0.3) is 0 Å². The maximum Gasteiger partial charge on any atom is 0.245 e. The molecule has 4 amide bonds. The number of rotatable bonds is 21. The molecule has 0 aliphatic heterocycles. The van der Waals surface area contributed by atoms with Crippen molar-refractivity contribution in [1.82, 2.24) is 21.3 Å². The summed E-state index contributed by atoms with van der Waals surface area (Å²) in [6, 6.07) is -1.89. The Balaban J connectivity index is 4.29. The lowest BCUT2D eigenvalue weighted by molar-refractivity contribution is -0.132. The first-order valence-electron chi connectivity index (χ1n) is 12.4. The van der Waals surface area contributed by atoms with Gasteiger partial charge in [-0.3, -0.25) is 19.2 Å². The highest BCUT2D eigenvalue weighted by Crippen LogP contribution is 2.08. The predicted molar refractivity (Wildman–Crippen MR) is 142 cm³/mol. The second-order valence-corrected chi connectivity index (χ2v) is 10.3. The maximum absolute atomic E-state index is 12.7. The average Bonchev–Trinajstić information content (AvgIpc) is 2.87. The van der Waals surface area contributed by atoms with E-state index in [4.69, 9.17) is 25.1 Å². The minimum atomic E-state index is -0.973. The number of thioether (sulfide) groups is 1. The van der Waals surface area contributed by atoms with Gasteiger partial charge in [-0.15, -0.1) is 0 Å². The summed E-state index contributed by atoms with van der Waals surface area (Å²) in [4.78, 5) is 47.7. The molecule has 15 heteroatoms. The predicted octanol–water partition coefficient (Wildman–Crippen LogP) is -2.90. The van der Waals surface area contributed by atoms with Crippen molar-refractivity contribution in [1.29, 1.82) is 0 Å². The van der Waals surface area contributed by atoms with Crippen LogP contribution in [-0.2, 0) is 33.4 Å². The molecule has 0 unspecified atom stereocenters. The fraction of sp³-hybridized carbons (Fsp3) is 0.826. The number of aliphatic hydroxyl groups is 2. The van der Waals surface area contributed by atoms with E-state index in [0.29, 0.717) is 0 Å². The summed E-state index contributed by atoms with van der Waals surface area (Å²) in [6.45, 7) is 6.02. The third kappa shape index (κ3) is 20.0. The topological polar surface area (TPSA) is 211 Å². The van der Waals surface area contributed by atoms with E-state index in [1.165, 1.54) is 18.8 Å². The third-order valence-corrected chi connectivity index (χ3v) is 5.80. The molecular formula is C23H45N5O9S.